The summed E-state index contributed by atoms with van der Waals surface area (Å²) in [6.45, 7) is 5.06. The van der Waals surface area contributed by atoms with Gasteiger partial charge in [-0.15, -0.1) is 0 Å². The van der Waals surface area contributed by atoms with Gasteiger partial charge in [-0.2, -0.15) is 0 Å². The van der Waals surface area contributed by atoms with E-state index in [4.69, 9.17) is 0 Å². The highest BCUT2D eigenvalue weighted by Crippen LogP contribution is 2.08. The molecular weight excluding hydrogens is 155 g/mol. The van der Waals surface area contributed by atoms with Crippen LogP contribution in [0, 0.1) is 12.7 Å². The minimum absolute atomic E-state index is 0.252. The summed E-state index contributed by atoms with van der Waals surface area (Å²) >= 11 is 0. The van der Waals surface area contributed by atoms with Gasteiger partial charge >= 0.3 is 0 Å². The molecule has 0 aromatic heterocycles. The number of aryl methyl sites for hydroxylation is 1. The highest BCUT2D eigenvalue weighted by Gasteiger charge is 2.02. The van der Waals surface area contributed by atoms with Gasteiger partial charge in [0.15, 0.2) is 5.78 Å². The minimum atomic E-state index is -0.389. The molecule has 0 heterocycles. The van der Waals surface area contributed by atoms with Crippen LogP contribution in [0.4, 0.5) is 4.39 Å². The summed E-state index contributed by atoms with van der Waals surface area (Å²) in [6, 6.07) is 4.21. The van der Waals surface area contributed by atoms with Crippen LogP contribution in [0.15, 0.2) is 30.9 Å². The van der Waals surface area contributed by atoms with Gasteiger partial charge in [-0.1, -0.05) is 6.58 Å². The Hall–Kier alpha value is -1.44. The van der Waals surface area contributed by atoms with E-state index in [1.54, 1.807) is 13.0 Å². The molecule has 1 aromatic carbocycles. The number of hydrogen-bond acceptors (Lipinski definition) is 1. The molecule has 0 amide bonds. The fourth-order valence-electron chi connectivity index (χ4n) is 0.996. The van der Waals surface area contributed by atoms with Crippen LogP contribution in [-0.2, 0) is 0 Å². The number of carbonyl (C=O) groups excluding carboxylic acids is 1. The lowest BCUT2D eigenvalue weighted by Crippen LogP contribution is -1.95. The average Bonchev–Trinajstić information content (AvgIpc) is 2.01. The van der Waals surface area contributed by atoms with E-state index >= 15 is 0 Å². The molecule has 0 unspecified atom stereocenters. The second-order valence-corrected chi connectivity index (χ2v) is 2.59. The van der Waals surface area contributed by atoms with Gasteiger partial charge in [0.25, 0.3) is 0 Å². The molecule has 0 bridgehead atoms. The Morgan fingerprint density at radius 1 is 1.50 bits per heavy atom. The first kappa shape index (κ1) is 8.65. The molecule has 0 atom stereocenters. The van der Waals surface area contributed by atoms with Crippen LogP contribution in [0.5, 0.6) is 0 Å². The van der Waals surface area contributed by atoms with Crippen molar-refractivity contribution < 1.29 is 9.18 Å². The molecule has 0 aliphatic heterocycles. The zero-order chi connectivity index (χ0) is 9.14. The predicted molar refractivity (Wildman–Crippen MR) is 45.7 cm³/mol. The smallest absolute Gasteiger partial charge is 0.185 e. The van der Waals surface area contributed by atoms with Gasteiger partial charge in [0, 0.05) is 5.56 Å². The van der Waals surface area contributed by atoms with Crippen molar-refractivity contribution in [2.75, 3.05) is 0 Å². The van der Waals surface area contributed by atoms with Gasteiger partial charge in [0.05, 0.1) is 0 Å². The van der Waals surface area contributed by atoms with Crippen LogP contribution < -0.4 is 0 Å². The first-order valence-electron chi connectivity index (χ1n) is 3.57. The number of benzene rings is 1. The first-order chi connectivity index (χ1) is 5.63. The molecule has 62 valence electrons. The summed E-state index contributed by atoms with van der Waals surface area (Å²) in [7, 11) is 0. The molecule has 0 spiro atoms. The predicted octanol–water partition coefficient (Wildman–Crippen LogP) is 2.50. The van der Waals surface area contributed by atoms with E-state index in [0.717, 1.165) is 5.56 Å². The highest BCUT2D eigenvalue weighted by molar-refractivity contribution is 6.04. The van der Waals surface area contributed by atoms with Crippen molar-refractivity contribution in [3.63, 3.8) is 0 Å². The average molecular weight is 164 g/mol. The monoisotopic (exact) mass is 164 g/mol. The lowest BCUT2D eigenvalue weighted by Gasteiger charge is -1.97. The second-order valence-electron chi connectivity index (χ2n) is 2.59. The summed E-state index contributed by atoms with van der Waals surface area (Å²) < 4.78 is 12.7. The van der Waals surface area contributed by atoms with Gasteiger partial charge in [-0.3, -0.25) is 4.79 Å². The van der Waals surface area contributed by atoms with Crippen LogP contribution >= 0.6 is 0 Å². The summed E-state index contributed by atoms with van der Waals surface area (Å²) in [5, 5.41) is 0. The topological polar surface area (TPSA) is 17.1 Å². The third-order valence-corrected chi connectivity index (χ3v) is 1.51. The van der Waals surface area contributed by atoms with Crippen LogP contribution in [0.25, 0.3) is 0 Å². The molecule has 0 N–H and O–H groups in total. The summed E-state index contributed by atoms with van der Waals surface area (Å²) in [5.41, 5.74) is 1.09. The van der Waals surface area contributed by atoms with Gasteiger partial charge in [0.1, 0.15) is 5.82 Å². The van der Waals surface area contributed by atoms with Crippen molar-refractivity contribution in [3.05, 3.63) is 47.8 Å². The molecule has 0 saturated heterocycles. The van der Waals surface area contributed by atoms with E-state index in [2.05, 4.69) is 6.58 Å². The number of halogens is 1. The fourth-order valence-corrected chi connectivity index (χ4v) is 0.996. The Labute approximate surface area is 70.5 Å². The summed E-state index contributed by atoms with van der Waals surface area (Å²) in [6.07, 6.45) is 1.17. The summed E-state index contributed by atoms with van der Waals surface area (Å²) in [5.74, 6) is -0.641. The molecule has 0 saturated carbocycles. The first-order valence-corrected chi connectivity index (χ1v) is 3.57. The molecule has 2 heteroatoms. The largest absolute Gasteiger partial charge is 0.289 e. The van der Waals surface area contributed by atoms with Crippen LogP contribution in [0.2, 0.25) is 0 Å². The number of allylic oxidation sites excluding steroid dienone is 1. The number of ketones is 1. The van der Waals surface area contributed by atoms with Crippen molar-refractivity contribution in [2.45, 2.75) is 6.92 Å². The highest BCUT2D eigenvalue weighted by atomic mass is 19.1. The third kappa shape index (κ3) is 1.78. The normalized spacial score (nSPS) is 9.50. The van der Waals surface area contributed by atoms with Crippen molar-refractivity contribution in [3.8, 4) is 0 Å². The molecule has 0 radical (unpaired) electrons. The van der Waals surface area contributed by atoms with E-state index in [9.17, 15) is 9.18 Å². The Kier molecular flexibility index (Phi) is 2.38. The molecule has 1 rings (SSSR count). The number of carbonyl (C=O) groups is 1. The molecule has 0 aliphatic carbocycles. The van der Waals surface area contributed by atoms with Crippen molar-refractivity contribution in [2.24, 2.45) is 0 Å². The van der Waals surface area contributed by atoms with E-state index in [1.165, 1.54) is 18.2 Å². The zero-order valence-corrected chi connectivity index (χ0v) is 6.80. The standard InChI is InChI=1S/C10H9FO/c1-3-10(12)8-4-7(2)5-9(11)6-8/h3-6H,1H2,2H3. The van der Waals surface area contributed by atoms with Crippen LogP contribution in [-0.4, -0.2) is 5.78 Å². The molecule has 12 heavy (non-hydrogen) atoms. The van der Waals surface area contributed by atoms with Gasteiger partial charge in [-0.05, 0) is 36.8 Å². The maximum atomic E-state index is 12.7. The van der Waals surface area contributed by atoms with E-state index < -0.39 is 0 Å². The minimum Gasteiger partial charge on any atom is -0.289 e. The van der Waals surface area contributed by atoms with Crippen molar-refractivity contribution in [1.82, 2.24) is 0 Å². The molecule has 1 nitrogen and oxygen atoms in total. The quantitative estimate of drug-likeness (QED) is 0.484. The van der Waals surface area contributed by atoms with E-state index in [1.807, 2.05) is 0 Å². The van der Waals surface area contributed by atoms with Gasteiger partial charge in [0.2, 0.25) is 0 Å². The lowest BCUT2D eigenvalue weighted by molar-refractivity contribution is 0.104. The number of hydrogen-bond donors (Lipinski definition) is 0. The number of rotatable bonds is 2. The Balaban J connectivity index is 3.17. The van der Waals surface area contributed by atoms with Crippen molar-refractivity contribution >= 4 is 5.78 Å². The maximum Gasteiger partial charge on any atom is 0.185 e. The fraction of sp³-hybridized carbons (Fsp3) is 0.100. The van der Waals surface area contributed by atoms with E-state index in [-0.39, 0.29) is 11.6 Å². The molecular formula is C10H9FO. The van der Waals surface area contributed by atoms with Crippen LogP contribution in [0.1, 0.15) is 15.9 Å². The Morgan fingerprint density at radius 2 is 2.17 bits per heavy atom. The van der Waals surface area contributed by atoms with E-state index in [0.29, 0.717) is 5.56 Å². The zero-order valence-electron chi connectivity index (χ0n) is 6.80. The third-order valence-electron chi connectivity index (χ3n) is 1.51. The SMILES string of the molecule is C=CC(=O)c1cc(C)cc(F)c1. The van der Waals surface area contributed by atoms with Crippen LogP contribution in [0.3, 0.4) is 0 Å². The summed E-state index contributed by atoms with van der Waals surface area (Å²) in [4.78, 5) is 11.0. The van der Waals surface area contributed by atoms with Gasteiger partial charge in [-0.25, -0.2) is 4.39 Å². The molecule has 0 aliphatic rings. The van der Waals surface area contributed by atoms with Crippen molar-refractivity contribution in [1.29, 1.82) is 0 Å². The maximum absolute atomic E-state index is 12.7. The Bertz CT molecular complexity index is 308. The van der Waals surface area contributed by atoms with Gasteiger partial charge < -0.3 is 0 Å². The Morgan fingerprint density at radius 3 is 2.67 bits per heavy atom. The molecule has 1 aromatic rings. The second kappa shape index (κ2) is 3.30. The lowest BCUT2D eigenvalue weighted by atomic mass is 10.1. The molecule has 0 fully saturated rings.